The first kappa shape index (κ1) is 16.5. The molecule has 0 radical (unpaired) electrons. The molecule has 0 spiro atoms. The van der Waals surface area contributed by atoms with Crippen LogP contribution >= 0.6 is 15.9 Å². The molecule has 0 aliphatic carbocycles. The second kappa shape index (κ2) is 6.66. The number of halogens is 1. The Morgan fingerprint density at radius 2 is 1.83 bits per heavy atom. The number of hydrogen-bond donors (Lipinski definition) is 1. The first-order chi connectivity index (χ1) is 11.5. The standard InChI is InChI=1S/C16H14BrN3O3S/c1-23-16-5-3-2-4-15(16)20-11-14(10-18-20)24(21,22)19-13-8-6-12(17)7-9-13/h2-11,19H,1H3. The molecular weight excluding hydrogens is 394 g/mol. The summed E-state index contributed by atoms with van der Waals surface area (Å²) in [6.45, 7) is 0. The third kappa shape index (κ3) is 3.44. The van der Waals surface area contributed by atoms with Crippen molar-refractivity contribution < 1.29 is 13.2 Å². The maximum atomic E-state index is 12.5. The van der Waals surface area contributed by atoms with Crippen LogP contribution in [0.2, 0.25) is 0 Å². The van der Waals surface area contributed by atoms with Gasteiger partial charge in [0.2, 0.25) is 0 Å². The molecule has 0 aliphatic heterocycles. The Hall–Kier alpha value is -2.32. The van der Waals surface area contributed by atoms with Gasteiger partial charge in [-0.15, -0.1) is 0 Å². The molecule has 1 aromatic heterocycles. The molecule has 0 fully saturated rings. The fourth-order valence-corrected chi connectivity index (χ4v) is 3.38. The molecule has 3 rings (SSSR count). The van der Waals surface area contributed by atoms with E-state index in [0.29, 0.717) is 17.1 Å². The van der Waals surface area contributed by atoms with E-state index in [9.17, 15) is 8.42 Å². The van der Waals surface area contributed by atoms with E-state index in [-0.39, 0.29) is 4.90 Å². The Balaban J connectivity index is 1.90. The van der Waals surface area contributed by atoms with Gasteiger partial charge in [0.1, 0.15) is 16.3 Å². The summed E-state index contributed by atoms with van der Waals surface area (Å²) >= 11 is 3.31. The zero-order valence-corrected chi connectivity index (χ0v) is 15.1. The Morgan fingerprint density at radius 1 is 1.12 bits per heavy atom. The molecule has 0 saturated heterocycles. The maximum Gasteiger partial charge on any atom is 0.265 e. The molecule has 124 valence electrons. The zero-order chi connectivity index (χ0) is 17.2. The Labute approximate surface area is 148 Å². The smallest absolute Gasteiger partial charge is 0.265 e. The first-order valence-electron chi connectivity index (χ1n) is 6.96. The lowest BCUT2D eigenvalue weighted by atomic mass is 10.3. The van der Waals surface area contributed by atoms with Crippen LogP contribution in [0.3, 0.4) is 0 Å². The summed E-state index contributed by atoms with van der Waals surface area (Å²) in [6, 6.07) is 14.1. The summed E-state index contributed by atoms with van der Waals surface area (Å²) in [4.78, 5) is 0.0660. The molecule has 0 unspecified atom stereocenters. The third-order valence-electron chi connectivity index (χ3n) is 3.30. The quantitative estimate of drug-likeness (QED) is 0.702. The zero-order valence-electron chi connectivity index (χ0n) is 12.7. The number of benzene rings is 2. The van der Waals surface area contributed by atoms with E-state index in [4.69, 9.17) is 4.74 Å². The molecule has 6 nitrogen and oxygen atoms in total. The number of hydrogen-bond acceptors (Lipinski definition) is 4. The van der Waals surface area contributed by atoms with Crippen molar-refractivity contribution in [1.29, 1.82) is 0 Å². The van der Waals surface area contributed by atoms with E-state index in [1.807, 2.05) is 12.1 Å². The van der Waals surface area contributed by atoms with Crippen LogP contribution in [0.5, 0.6) is 5.75 Å². The van der Waals surface area contributed by atoms with Crippen LogP contribution in [-0.4, -0.2) is 25.3 Å². The minimum atomic E-state index is -3.72. The van der Waals surface area contributed by atoms with Gasteiger partial charge in [-0.2, -0.15) is 5.10 Å². The van der Waals surface area contributed by atoms with Crippen molar-refractivity contribution in [1.82, 2.24) is 9.78 Å². The minimum Gasteiger partial charge on any atom is -0.494 e. The number of methoxy groups -OCH3 is 1. The van der Waals surface area contributed by atoms with E-state index in [0.717, 1.165) is 4.47 Å². The lowest BCUT2D eigenvalue weighted by Gasteiger charge is -2.08. The third-order valence-corrected chi connectivity index (χ3v) is 5.16. The van der Waals surface area contributed by atoms with Gasteiger partial charge < -0.3 is 4.74 Å². The van der Waals surface area contributed by atoms with Gasteiger partial charge >= 0.3 is 0 Å². The molecule has 3 aromatic rings. The van der Waals surface area contributed by atoms with Crippen LogP contribution in [0.4, 0.5) is 5.69 Å². The summed E-state index contributed by atoms with van der Waals surface area (Å²) in [7, 11) is -2.17. The number of sulfonamides is 1. The van der Waals surface area contributed by atoms with Crippen molar-refractivity contribution >= 4 is 31.6 Å². The van der Waals surface area contributed by atoms with E-state index >= 15 is 0 Å². The molecule has 0 saturated carbocycles. The molecule has 0 amide bonds. The number of rotatable bonds is 5. The fourth-order valence-electron chi connectivity index (χ4n) is 2.13. The van der Waals surface area contributed by atoms with Gasteiger partial charge in [-0.25, -0.2) is 13.1 Å². The Morgan fingerprint density at radius 3 is 2.54 bits per heavy atom. The van der Waals surface area contributed by atoms with E-state index in [1.54, 1.807) is 43.5 Å². The molecule has 0 bridgehead atoms. The number of anilines is 1. The van der Waals surface area contributed by atoms with Gasteiger partial charge in [-0.05, 0) is 36.4 Å². The summed E-state index contributed by atoms with van der Waals surface area (Å²) in [5.41, 5.74) is 1.13. The van der Waals surface area contributed by atoms with Crippen molar-refractivity contribution in [2.24, 2.45) is 0 Å². The summed E-state index contributed by atoms with van der Waals surface area (Å²) in [5, 5.41) is 4.13. The van der Waals surface area contributed by atoms with Crippen molar-refractivity contribution in [2.45, 2.75) is 4.90 Å². The SMILES string of the molecule is COc1ccccc1-n1cc(S(=O)(=O)Nc2ccc(Br)cc2)cn1. The second-order valence-electron chi connectivity index (χ2n) is 4.90. The van der Waals surface area contributed by atoms with E-state index in [2.05, 4.69) is 25.8 Å². The predicted molar refractivity (Wildman–Crippen MR) is 95.1 cm³/mol. The lowest BCUT2D eigenvalue weighted by Crippen LogP contribution is -2.12. The summed E-state index contributed by atoms with van der Waals surface area (Å²) < 4.78 is 35.1. The van der Waals surface area contributed by atoms with Gasteiger partial charge in [-0.3, -0.25) is 4.72 Å². The monoisotopic (exact) mass is 407 g/mol. The topological polar surface area (TPSA) is 73.2 Å². The van der Waals surface area contributed by atoms with E-state index in [1.165, 1.54) is 17.1 Å². The van der Waals surface area contributed by atoms with Crippen LogP contribution in [0.1, 0.15) is 0 Å². The lowest BCUT2D eigenvalue weighted by molar-refractivity contribution is 0.411. The van der Waals surface area contributed by atoms with E-state index < -0.39 is 10.0 Å². The molecule has 2 aromatic carbocycles. The second-order valence-corrected chi connectivity index (χ2v) is 7.50. The Bertz CT molecular complexity index is 953. The fraction of sp³-hybridized carbons (Fsp3) is 0.0625. The molecule has 1 N–H and O–H groups in total. The highest BCUT2D eigenvalue weighted by Gasteiger charge is 2.18. The average Bonchev–Trinajstić information content (AvgIpc) is 3.07. The van der Waals surface area contributed by atoms with Crippen molar-refractivity contribution in [3.05, 3.63) is 65.4 Å². The van der Waals surface area contributed by atoms with Crippen LogP contribution in [0.25, 0.3) is 5.69 Å². The molecule has 0 atom stereocenters. The van der Waals surface area contributed by atoms with Crippen LogP contribution in [-0.2, 0) is 10.0 Å². The molecule has 24 heavy (non-hydrogen) atoms. The number of ether oxygens (including phenoxy) is 1. The van der Waals surface area contributed by atoms with Gasteiger partial charge in [0.15, 0.2) is 0 Å². The summed E-state index contributed by atoms with van der Waals surface area (Å²) in [6.07, 6.45) is 2.74. The molecule has 8 heteroatoms. The number of aromatic nitrogens is 2. The van der Waals surface area contributed by atoms with Crippen LogP contribution in [0, 0.1) is 0 Å². The minimum absolute atomic E-state index is 0.0660. The highest BCUT2D eigenvalue weighted by molar-refractivity contribution is 9.10. The number of para-hydroxylation sites is 2. The molecule has 0 aliphatic rings. The highest BCUT2D eigenvalue weighted by Crippen LogP contribution is 2.23. The van der Waals surface area contributed by atoms with Gasteiger partial charge in [0, 0.05) is 10.2 Å². The first-order valence-corrected chi connectivity index (χ1v) is 9.24. The highest BCUT2D eigenvalue weighted by atomic mass is 79.9. The molecular formula is C16H14BrN3O3S. The van der Waals surface area contributed by atoms with Crippen molar-refractivity contribution in [2.75, 3.05) is 11.8 Å². The Kier molecular flexibility index (Phi) is 4.59. The normalized spacial score (nSPS) is 11.2. The number of nitrogens with one attached hydrogen (secondary N) is 1. The van der Waals surface area contributed by atoms with Crippen molar-refractivity contribution in [3.63, 3.8) is 0 Å². The predicted octanol–water partition coefficient (Wildman–Crippen LogP) is 3.44. The van der Waals surface area contributed by atoms with Crippen LogP contribution in [0.15, 0.2) is 70.3 Å². The van der Waals surface area contributed by atoms with Crippen molar-refractivity contribution in [3.8, 4) is 11.4 Å². The summed E-state index contributed by atoms with van der Waals surface area (Å²) in [5.74, 6) is 0.602. The van der Waals surface area contributed by atoms with Crippen LogP contribution < -0.4 is 9.46 Å². The van der Waals surface area contributed by atoms with Gasteiger partial charge in [-0.1, -0.05) is 28.1 Å². The largest absolute Gasteiger partial charge is 0.494 e. The number of nitrogens with zero attached hydrogens (tertiary/aromatic N) is 2. The van der Waals surface area contributed by atoms with Gasteiger partial charge in [0.25, 0.3) is 10.0 Å². The average molecular weight is 408 g/mol. The maximum absolute atomic E-state index is 12.5. The van der Waals surface area contributed by atoms with Gasteiger partial charge in [0.05, 0.1) is 19.5 Å². The molecule has 1 heterocycles.